The zero-order valence-corrected chi connectivity index (χ0v) is 12.9. The Hall–Kier alpha value is -1.30. The Labute approximate surface area is 113 Å². The van der Waals surface area contributed by atoms with Crippen molar-refractivity contribution >= 4 is 8.07 Å². The van der Waals surface area contributed by atoms with E-state index in [-0.39, 0.29) is 0 Å². The predicted octanol–water partition coefficient (Wildman–Crippen LogP) is 3.56. The largest absolute Gasteiger partial charge is 0.298 e. The normalized spacial score (nSPS) is 11.6. The molecule has 1 aromatic rings. The third-order valence-electron chi connectivity index (χ3n) is 2.36. The molecular weight excluding hydrogens is 234 g/mol. The van der Waals surface area contributed by atoms with Crippen LogP contribution in [0.3, 0.4) is 0 Å². The average Bonchev–Trinajstić information content (AvgIpc) is 2.28. The Morgan fingerprint density at radius 1 is 1.17 bits per heavy atom. The maximum absolute atomic E-state index is 3.33. The monoisotopic (exact) mass is 257 g/mol. The van der Waals surface area contributed by atoms with Gasteiger partial charge in [0, 0.05) is 13.1 Å². The van der Waals surface area contributed by atoms with E-state index in [0.29, 0.717) is 0 Å². The van der Waals surface area contributed by atoms with E-state index in [0.717, 1.165) is 13.1 Å². The summed E-state index contributed by atoms with van der Waals surface area (Å²) in [6, 6.07) is 10.5. The maximum atomic E-state index is 3.33. The van der Waals surface area contributed by atoms with Gasteiger partial charge in [0.05, 0.1) is 0 Å². The Morgan fingerprint density at radius 2 is 1.83 bits per heavy atom. The van der Waals surface area contributed by atoms with E-state index in [1.807, 2.05) is 6.08 Å². The van der Waals surface area contributed by atoms with Crippen molar-refractivity contribution in [1.82, 2.24) is 4.90 Å². The van der Waals surface area contributed by atoms with Gasteiger partial charge in [-0.3, -0.25) is 4.90 Å². The number of likely N-dealkylation sites (N-methyl/N-ethyl adjacent to an activating group) is 1. The minimum atomic E-state index is -1.22. The molecule has 0 amide bonds. The fourth-order valence-electron chi connectivity index (χ4n) is 1.51. The van der Waals surface area contributed by atoms with Crippen LogP contribution in [0.5, 0.6) is 0 Å². The van der Waals surface area contributed by atoms with Gasteiger partial charge in [0.25, 0.3) is 0 Å². The molecule has 1 aromatic carbocycles. The second kappa shape index (κ2) is 7.20. The van der Waals surface area contributed by atoms with Crippen LogP contribution in [0.15, 0.2) is 42.5 Å². The van der Waals surface area contributed by atoms with E-state index in [1.165, 1.54) is 5.56 Å². The smallest absolute Gasteiger partial charge is 0.129 e. The minimum absolute atomic E-state index is 0.940. The highest BCUT2D eigenvalue weighted by atomic mass is 28.3. The quantitative estimate of drug-likeness (QED) is 0.589. The van der Waals surface area contributed by atoms with Crippen LogP contribution in [0.1, 0.15) is 5.56 Å². The van der Waals surface area contributed by atoms with Gasteiger partial charge in [-0.1, -0.05) is 62.0 Å². The molecule has 0 aliphatic carbocycles. The van der Waals surface area contributed by atoms with Gasteiger partial charge in [0.15, 0.2) is 0 Å². The summed E-state index contributed by atoms with van der Waals surface area (Å²) >= 11 is 0. The topological polar surface area (TPSA) is 3.24 Å². The average molecular weight is 257 g/mol. The molecule has 96 valence electrons. The van der Waals surface area contributed by atoms with E-state index < -0.39 is 8.07 Å². The van der Waals surface area contributed by atoms with Gasteiger partial charge in [0.2, 0.25) is 0 Å². The SMILES string of the molecule is CN(C/C=C/C#C[Si](C)(C)C)Cc1ccccc1. The Balaban J connectivity index is 2.35. The lowest BCUT2D eigenvalue weighted by Gasteiger charge is -2.13. The number of hydrogen-bond donors (Lipinski definition) is 0. The minimum Gasteiger partial charge on any atom is -0.298 e. The van der Waals surface area contributed by atoms with E-state index >= 15 is 0 Å². The van der Waals surface area contributed by atoms with Crippen LogP contribution in [-0.4, -0.2) is 26.6 Å². The molecule has 0 aromatic heterocycles. The summed E-state index contributed by atoms with van der Waals surface area (Å²) < 4.78 is 0. The molecule has 1 nitrogen and oxygen atoms in total. The first-order chi connectivity index (χ1) is 8.47. The molecule has 0 aliphatic rings. The van der Waals surface area contributed by atoms with E-state index in [4.69, 9.17) is 0 Å². The molecule has 0 aliphatic heterocycles. The summed E-state index contributed by atoms with van der Waals surface area (Å²) in [7, 11) is 0.907. The van der Waals surface area contributed by atoms with Crippen molar-refractivity contribution in [1.29, 1.82) is 0 Å². The first-order valence-electron chi connectivity index (χ1n) is 6.37. The lowest BCUT2D eigenvalue weighted by atomic mass is 10.2. The van der Waals surface area contributed by atoms with Crippen LogP contribution in [-0.2, 0) is 6.54 Å². The molecule has 0 bridgehead atoms. The summed E-state index contributed by atoms with van der Waals surface area (Å²) in [5.41, 5.74) is 4.68. The van der Waals surface area contributed by atoms with Crippen molar-refractivity contribution in [3.05, 3.63) is 48.0 Å². The van der Waals surface area contributed by atoms with Crippen LogP contribution in [0.4, 0.5) is 0 Å². The fourth-order valence-corrected chi connectivity index (χ4v) is 2.03. The maximum Gasteiger partial charge on any atom is 0.129 e. The third-order valence-corrected chi connectivity index (χ3v) is 3.26. The van der Waals surface area contributed by atoms with Crippen LogP contribution in [0.2, 0.25) is 19.6 Å². The molecule has 0 heterocycles. The first kappa shape index (κ1) is 14.8. The number of benzene rings is 1. The number of nitrogens with zero attached hydrogens (tertiary/aromatic N) is 1. The highest BCUT2D eigenvalue weighted by Crippen LogP contribution is 2.02. The first-order valence-corrected chi connectivity index (χ1v) is 9.87. The molecule has 0 fully saturated rings. The van der Waals surface area contributed by atoms with Gasteiger partial charge in [-0.2, -0.15) is 0 Å². The lowest BCUT2D eigenvalue weighted by Crippen LogP contribution is -2.17. The Kier molecular flexibility index (Phi) is 5.90. The Bertz CT molecular complexity index is 432. The molecule has 0 atom stereocenters. The Morgan fingerprint density at radius 3 is 2.44 bits per heavy atom. The van der Waals surface area contributed by atoms with Crippen molar-refractivity contribution in [2.24, 2.45) is 0 Å². The van der Waals surface area contributed by atoms with Crippen molar-refractivity contribution in [2.45, 2.75) is 26.2 Å². The molecule has 2 heteroatoms. The molecule has 0 spiro atoms. The predicted molar refractivity (Wildman–Crippen MR) is 83.0 cm³/mol. The van der Waals surface area contributed by atoms with E-state index in [1.54, 1.807) is 0 Å². The standard InChI is InChI=1S/C16H23NSi/c1-17(15-16-11-7-5-8-12-16)13-9-6-10-14-18(2,3)4/h5-9,11-12H,13,15H2,1-4H3/b9-6+. The summed E-state index contributed by atoms with van der Waals surface area (Å²) in [6.07, 6.45) is 4.12. The summed E-state index contributed by atoms with van der Waals surface area (Å²) in [6.45, 7) is 8.70. The number of hydrogen-bond acceptors (Lipinski definition) is 1. The van der Waals surface area contributed by atoms with Gasteiger partial charge in [-0.25, -0.2) is 0 Å². The van der Waals surface area contributed by atoms with Crippen molar-refractivity contribution in [2.75, 3.05) is 13.6 Å². The molecule has 0 radical (unpaired) electrons. The van der Waals surface area contributed by atoms with Crippen LogP contribution in [0, 0.1) is 11.5 Å². The van der Waals surface area contributed by atoms with Crippen LogP contribution < -0.4 is 0 Å². The highest BCUT2D eigenvalue weighted by Gasteiger charge is 2.06. The molecule has 0 saturated carbocycles. The zero-order valence-electron chi connectivity index (χ0n) is 11.9. The van der Waals surface area contributed by atoms with Crippen LogP contribution in [0.25, 0.3) is 0 Å². The zero-order chi connectivity index (χ0) is 13.4. The lowest BCUT2D eigenvalue weighted by molar-refractivity contribution is 0.363. The summed E-state index contributed by atoms with van der Waals surface area (Å²) in [5, 5.41) is 0. The summed E-state index contributed by atoms with van der Waals surface area (Å²) in [4.78, 5) is 2.28. The molecule has 0 N–H and O–H groups in total. The van der Waals surface area contributed by atoms with Gasteiger partial charge in [0.1, 0.15) is 8.07 Å². The summed E-state index contributed by atoms with van der Waals surface area (Å²) in [5.74, 6) is 3.15. The number of rotatable bonds is 4. The van der Waals surface area contributed by atoms with Crippen molar-refractivity contribution in [3.8, 4) is 11.5 Å². The van der Waals surface area contributed by atoms with Crippen LogP contribution >= 0.6 is 0 Å². The second-order valence-electron chi connectivity index (χ2n) is 5.60. The second-order valence-corrected chi connectivity index (χ2v) is 10.4. The molecule has 18 heavy (non-hydrogen) atoms. The van der Waals surface area contributed by atoms with E-state index in [2.05, 4.69) is 79.5 Å². The number of allylic oxidation sites excluding steroid dienone is 1. The molecule has 0 saturated heterocycles. The highest BCUT2D eigenvalue weighted by molar-refractivity contribution is 6.83. The van der Waals surface area contributed by atoms with E-state index in [9.17, 15) is 0 Å². The molecule has 1 rings (SSSR count). The van der Waals surface area contributed by atoms with Crippen molar-refractivity contribution in [3.63, 3.8) is 0 Å². The van der Waals surface area contributed by atoms with Crippen molar-refractivity contribution < 1.29 is 0 Å². The molecule has 0 unspecified atom stereocenters. The van der Waals surface area contributed by atoms with Gasteiger partial charge in [-0.05, 0) is 18.7 Å². The van der Waals surface area contributed by atoms with Gasteiger partial charge < -0.3 is 0 Å². The third kappa shape index (κ3) is 7.11. The van der Waals surface area contributed by atoms with Gasteiger partial charge in [-0.15, -0.1) is 5.54 Å². The molecular formula is C16H23NSi. The van der Waals surface area contributed by atoms with Gasteiger partial charge >= 0.3 is 0 Å². The fraction of sp³-hybridized carbons (Fsp3) is 0.375.